The Hall–Kier alpha value is -0.960. The van der Waals surface area contributed by atoms with E-state index in [1.54, 1.807) is 0 Å². The topological polar surface area (TPSA) is 12.0 Å². The van der Waals surface area contributed by atoms with E-state index in [2.05, 4.69) is 5.32 Å². The fourth-order valence-electron chi connectivity index (χ4n) is 2.16. The molecule has 1 nitrogen and oxygen atoms in total. The lowest BCUT2D eigenvalue weighted by atomic mass is 9.89. The van der Waals surface area contributed by atoms with E-state index in [-0.39, 0.29) is 13.0 Å². The van der Waals surface area contributed by atoms with Crippen molar-refractivity contribution >= 4 is 0 Å². The van der Waals surface area contributed by atoms with Crippen molar-refractivity contribution in [2.75, 3.05) is 6.54 Å². The quantitative estimate of drug-likeness (QED) is 0.753. The summed E-state index contributed by atoms with van der Waals surface area (Å²) in [7, 11) is 0. The average Bonchev–Trinajstić information content (AvgIpc) is 2.42. The summed E-state index contributed by atoms with van der Waals surface area (Å²) in [5.41, 5.74) is 1.46. The second-order valence-electron chi connectivity index (χ2n) is 4.59. The van der Waals surface area contributed by atoms with E-state index in [4.69, 9.17) is 0 Å². The van der Waals surface area contributed by atoms with Crippen molar-refractivity contribution in [2.45, 2.75) is 31.7 Å². The van der Waals surface area contributed by atoms with Crippen LogP contribution in [0.15, 0.2) is 24.3 Å². The van der Waals surface area contributed by atoms with E-state index >= 15 is 0 Å². The van der Waals surface area contributed by atoms with Gasteiger partial charge in [-0.3, -0.25) is 0 Å². The zero-order chi connectivity index (χ0) is 11.1. The van der Waals surface area contributed by atoms with E-state index in [1.165, 1.54) is 0 Å². The van der Waals surface area contributed by atoms with Gasteiger partial charge in [0.15, 0.2) is 0 Å². The van der Waals surface area contributed by atoms with Crippen molar-refractivity contribution in [3.8, 4) is 0 Å². The predicted octanol–water partition coefficient (Wildman–Crippen LogP) is 2.84. The van der Waals surface area contributed by atoms with Crippen LogP contribution in [0.4, 0.5) is 8.78 Å². The van der Waals surface area contributed by atoms with Crippen molar-refractivity contribution in [1.29, 1.82) is 0 Å². The highest BCUT2D eigenvalue weighted by Crippen LogP contribution is 2.38. The molecule has 1 atom stereocenters. The van der Waals surface area contributed by atoms with Gasteiger partial charge in [0.05, 0.1) is 6.54 Å². The number of alkyl halides is 2. The van der Waals surface area contributed by atoms with Gasteiger partial charge in [-0.05, 0) is 19.4 Å². The van der Waals surface area contributed by atoms with Crippen LogP contribution < -0.4 is 5.32 Å². The van der Waals surface area contributed by atoms with E-state index in [0.717, 1.165) is 11.1 Å². The van der Waals surface area contributed by atoms with Gasteiger partial charge in [-0.25, -0.2) is 8.78 Å². The minimum absolute atomic E-state index is 0.122. The summed E-state index contributed by atoms with van der Waals surface area (Å²) in [5.74, 6) is -2.58. The maximum Gasteiger partial charge on any atom is 0.262 e. The smallest absolute Gasteiger partial charge is 0.262 e. The number of halogens is 2. The van der Waals surface area contributed by atoms with E-state index in [9.17, 15) is 8.78 Å². The molecule has 0 aliphatic carbocycles. The molecule has 15 heavy (non-hydrogen) atoms. The van der Waals surface area contributed by atoms with Crippen LogP contribution in [0.2, 0.25) is 0 Å². The van der Waals surface area contributed by atoms with Crippen LogP contribution in [-0.2, 0) is 5.54 Å². The van der Waals surface area contributed by atoms with Crippen LogP contribution in [0.5, 0.6) is 0 Å². The number of nitrogens with one attached hydrogen (secondary N) is 1. The van der Waals surface area contributed by atoms with Gasteiger partial charge >= 0.3 is 0 Å². The first kappa shape index (κ1) is 10.6. The first-order valence-corrected chi connectivity index (χ1v) is 5.11. The fourth-order valence-corrected chi connectivity index (χ4v) is 2.16. The van der Waals surface area contributed by atoms with Crippen molar-refractivity contribution in [1.82, 2.24) is 5.32 Å². The summed E-state index contributed by atoms with van der Waals surface area (Å²) in [5, 5.41) is 2.92. The summed E-state index contributed by atoms with van der Waals surface area (Å²) in [6.07, 6.45) is -0.122. The van der Waals surface area contributed by atoms with Gasteiger partial charge in [0.2, 0.25) is 0 Å². The van der Waals surface area contributed by atoms with Crippen molar-refractivity contribution in [2.24, 2.45) is 0 Å². The van der Waals surface area contributed by atoms with Crippen LogP contribution in [0, 0.1) is 6.92 Å². The molecule has 1 heterocycles. The lowest BCUT2D eigenvalue weighted by Crippen LogP contribution is -2.33. The van der Waals surface area contributed by atoms with Gasteiger partial charge in [0, 0.05) is 12.0 Å². The molecule has 82 valence electrons. The van der Waals surface area contributed by atoms with Gasteiger partial charge in [0.25, 0.3) is 5.92 Å². The lowest BCUT2D eigenvalue weighted by Gasteiger charge is -2.25. The molecule has 0 saturated carbocycles. The molecule has 1 aliphatic rings. The standard InChI is InChI=1S/C12H15F2N/c1-9-4-3-5-10(6-9)11(2)7-12(13,14)8-15-11/h3-6,15H,7-8H2,1-2H3. The molecule has 1 N–H and O–H groups in total. The molecule has 1 saturated heterocycles. The van der Waals surface area contributed by atoms with Crippen LogP contribution in [-0.4, -0.2) is 12.5 Å². The third kappa shape index (κ3) is 2.02. The zero-order valence-electron chi connectivity index (χ0n) is 8.98. The monoisotopic (exact) mass is 211 g/mol. The van der Waals surface area contributed by atoms with Crippen molar-refractivity contribution in [3.05, 3.63) is 35.4 Å². The summed E-state index contributed by atoms with van der Waals surface area (Å²) in [4.78, 5) is 0. The molecule has 0 amide bonds. The number of hydrogen-bond donors (Lipinski definition) is 1. The molecule has 1 unspecified atom stereocenters. The van der Waals surface area contributed by atoms with Gasteiger partial charge in [-0.2, -0.15) is 0 Å². The third-order valence-electron chi connectivity index (χ3n) is 3.00. The van der Waals surface area contributed by atoms with E-state index < -0.39 is 11.5 Å². The van der Waals surface area contributed by atoms with Gasteiger partial charge in [-0.15, -0.1) is 0 Å². The Morgan fingerprint density at radius 2 is 2.07 bits per heavy atom. The SMILES string of the molecule is Cc1cccc(C2(C)CC(F)(F)CN2)c1. The molecule has 0 bridgehead atoms. The summed E-state index contributed by atoms with van der Waals surface area (Å²) >= 11 is 0. The largest absolute Gasteiger partial charge is 0.302 e. The maximum atomic E-state index is 13.2. The van der Waals surface area contributed by atoms with Gasteiger partial charge in [-0.1, -0.05) is 29.8 Å². The molecule has 1 aromatic rings. The molecule has 0 radical (unpaired) electrons. The van der Waals surface area contributed by atoms with Crippen LogP contribution in [0.1, 0.15) is 24.5 Å². The molecule has 0 spiro atoms. The Kier molecular flexibility index (Phi) is 2.30. The minimum Gasteiger partial charge on any atom is -0.302 e. The summed E-state index contributed by atoms with van der Waals surface area (Å²) in [6.45, 7) is 3.58. The average molecular weight is 211 g/mol. The molecule has 0 aromatic heterocycles. The van der Waals surface area contributed by atoms with Gasteiger partial charge in [0.1, 0.15) is 0 Å². The molecule has 1 aliphatic heterocycles. The predicted molar refractivity (Wildman–Crippen MR) is 56.1 cm³/mol. The van der Waals surface area contributed by atoms with Crippen LogP contribution in [0.25, 0.3) is 0 Å². The second-order valence-corrected chi connectivity index (χ2v) is 4.59. The highest BCUT2D eigenvalue weighted by molar-refractivity contribution is 5.30. The maximum absolute atomic E-state index is 13.2. The molecular formula is C12H15F2N. The zero-order valence-corrected chi connectivity index (χ0v) is 8.98. The second kappa shape index (κ2) is 3.27. The Morgan fingerprint density at radius 1 is 1.33 bits per heavy atom. The number of rotatable bonds is 1. The highest BCUT2D eigenvalue weighted by atomic mass is 19.3. The lowest BCUT2D eigenvalue weighted by molar-refractivity contribution is 0.0165. The van der Waals surface area contributed by atoms with Crippen LogP contribution in [0.3, 0.4) is 0 Å². The minimum atomic E-state index is -2.58. The number of aryl methyl sites for hydroxylation is 1. The van der Waals surface area contributed by atoms with Crippen LogP contribution >= 0.6 is 0 Å². The first-order valence-electron chi connectivity index (χ1n) is 5.11. The van der Waals surface area contributed by atoms with Crippen molar-refractivity contribution < 1.29 is 8.78 Å². The molecule has 3 heteroatoms. The van der Waals surface area contributed by atoms with E-state index in [1.807, 2.05) is 38.1 Å². The number of benzene rings is 1. The molecule has 1 fully saturated rings. The van der Waals surface area contributed by atoms with E-state index in [0.29, 0.717) is 0 Å². The fraction of sp³-hybridized carbons (Fsp3) is 0.500. The molecule has 2 rings (SSSR count). The molecule has 1 aromatic carbocycles. The summed E-state index contributed by atoms with van der Waals surface area (Å²) < 4.78 is 26.3. The Morgan fingerprint density at radius 3 is 2.60 bits per heavy atom. The normalized spacial score (nSPS) is 29.3. The number of hydrogen-bond acceptors (Lipinski definition) is 1. The first-order chi connectivity index (χ1) is 6.91. The highest BCUT2D eigenvalue weighted by Gasteiger charge is 2.47. The summed E-state index contributed by atoms with van der Waals surface area (Å²) in [6, 6.07) is 7.75. The Balaban J connectivity index is 2.31. The van der Waals surface area contributed by atoms with Gasteiger partial charge < -0.3 is 5.32 Å². The third-order valence-corrected chi connectivity index (χ3v) is 3.00. The Bertz CT molecular complexity index is 376. The Labute approximate surface area is 88.5 Å². The molecular weight excluding hydrogens is 196 g/mol. The van der Waals surface area contributed by atoms with Crippen molar-refractivity contribution in [3.63, 3.8) is 0 Å².